The van der Waals surface area contributed by atoms with Crippen molar-refractivity contribution in [3.8, 4) is 11.8 Å². The van der Waals surface area contributed by atoms with Crippen molar-refractivity contribution in [2.24, 2.45) is 0 Å². The third kappa shape index (κ3) is 4.89. The molecule has 6 heteroatoms. The fraction of sp³-hybridized carbons (Fsp3) is 0.130. The number of carbonyl (C=O) groups excluding carboxylic acids is 1. The van der Waals surface area contributed by atoms with E-state index in [-0.39, 0.29) is 10.5 Å². The summed E-state index contributed by atoms with van der Waals surface area (Å²) in [6.45, 7) is 3.18. The molecule has 0 bridgehead atoms. The van der Waals surface area contributed by atoms with E-state index >= 15 is 0 Å². The van der Waals surface area contributed by atoms with Crippen molar-refractivity contribution < 1.29 is 13.2 Å². The Bertz CT molecular complexity index is 1190. The molecule has 1 N–H and O–H groups in total. The second-order valence-corrected chi connectivity index (χ2v) is 9.06. The molecule has 0 aliphatic carbocycles. The zero-order valence-electron chi connectivity index (χ0n) is 16.1. The molecule has 29 heavy (non-hydrogen) atoms. The molecule has 3 aromatic rings. The zero-order valence-corrected chi connectivity index (χ0v) is 16.9. The summed E-state index contributed by atoms with van der Waals surface area (Å²) in [5.74, 6) is 5.48. The summed E-state index contributed by atoms with van der Waals surface area (Å²) in [5.41, 5.74) is 2.00. The zero-order chi connectivity index (χ0) is 20.9. The van der Waals surface area contributed by atoms with E-state index < -0.39 is 21.0 Å². The van der Waals surface area contributed by atoms with Crippen molar-refractivity contribution in [3.05, 3.63) is 89.7 Å². The van der Waals surface area contributed by atoms with Gasteiger partial charge < -0.3 is 5.32 Å². The number of pyridine rings is 1. The van der Waals surface area contributed by atoms with E-state index in [0.717, 1.165) is 0 Å². The molecule has 1 aromatic heterocycles. The Morgan fingerprint density at radius 2 is 1.72 bits per heavy atom. The first-order chi connectivity index (χ1) is 13.9. The molecule has 5 nitrogen and oxygen atoms in total. The van der Waals surface area contributed by atoms with E-state index in [0.29, 0.717) is 16.9 Å². The second kappa shape index (κ2) is 8.72. The topological polar surface area (TPSA) is 76.1 Å². The smallest absolute Gasteiger partial charge is 0.256 e. The quantitative estimate of drug-likeness (QED) is 0.669. The van der Waals surface area contributed by atoms with Crippen molar-refractivity contribution in [1.29, 1.82) is 0 Å². The Labute approximate surface area is 170 Å². The van der Waals surface area contributed by atoms with Crippen LogP contribution in [-0.2, 0) is 9.84 Å². The number of sulfone groups is 1. The summed E-state index contributed by atoms with van der Waals surface area (Å²) in [5, 5.41) is 2.14. The number of hydrogen-bond donors (Lipinski definition) is 1. The molecule has 0 unspecified atom stereocenters. The van der Waals surface area contributed by atoms with Crippen molar-refractivity contribution in [2.45, 2.75) is 24.0 Å². The predicted molar refractivity (Wildman–Crippen MR) is 113 cm³/mol. The molecule has 0 aliphatic rings. The van der Waals surface area contributed by atoms with Crippen LogP contribution in [0, 0.1) is 11.8 Å². The van der Waals surface area contributed by atoms with Gasteiger partial charge in [0.1, 0.15) is 5.69 Å². The van der Waals surface area contributed by atoms with Crippen LogP contribution in [0.2, 0.25) is 0 Å². The van der Waals surface area contributed by atoms with Gasteiger partial charge in [-0.05, 0) is 62.2 Å². The van der Waals surface area contributed by atoms with Crippen molar-refractivity contribution in [1.82, 2.24) is 4.98 Å². The minimum absolute atomic E-state index is 0.0265. The Hall–Kier alpha value is -3.43. The van der Waals surface area contributed by atoms with Crippen LogP contribution in [0.15, 0.2) is 77.8 Å². The van der Waals surface area contributed by atoms with Gasteiger partial charge in [0.15, 0.2) is 9.84 Å². The van der Waals surface area contributed by atoms with E-state index in [9.17, 15) is 13.2 Å². The third-order valence-electron chi connectivity index (χ3n) is 4.18. The van der Waals surface area contributed by atoms with Gasteiger partial charge in [-0.15, -0.1) is 0 Å². The lowest BCUT2D eigenvalue weighted by Gasteiger charge is -2.13. The van der Waals surface area contributed by atoms with Crippen molar-refractivity contribution in [3.63, 3.8) is 0 Å². The van der Waals surface area contributed by atoms with E-state index in [2.05, 4.69) is 22.1 Å². The first-order valence-electron chi connectivity index (χ1n) is 9.05. The number of nitrogens with zero attached hydrogens (tertiary/aromatic N) is 1. The van der Waals surface area contributed by atoms with Gasteiger partial charge in [0.25, 0.3) is 5.91 Å². The summed E-state index contributed by atoms with van der Waals surface area (Å²) in [6.07, 6.45) is 1.67. The van der Waals surface area contributed by atoms with Crippen LogP contribution in [0.4, 0.5) is 5.69 Å². The second-order valence-electron chi connectivity index (χ2n) is 6.59. The maximum Gasteiger partial charge on any atom is 0.256 e. The van der Waals surface area contributed by atoms with Gasteiger partial charge >= 0.3 is 0 Å². The minimum atomic E-state index is -3.58. The monoisotopic (exact) mass is 404 g/mol. The lowest BCUT2D eigenvalue weighted by atomic mass is 10.1. The number of amides is 1. The summed E-state index contributed by atoms with van der Waals surface area (Å²) in [4.78, 5) is 17.0. The Morgan fingerprint density at radius 3 is 2.45 bits per heavy atom. The van der Waals surface area contributed by atoms with Gasteiger partial charge in [-0.1, -0.05) is 30.2 Å². The largest absolute Gasteiger partial charge is 0.322 e. The summed E-state index contributed by atoms with van der Waals surface area (Å²) in [6, 6.07) is 18.8. The molecule has 0 atom stereocenters. The SMILES string of the molecule is CC(C)S(=O)(=O)c1ccccc1C(=O)Nc1cccc(C#Cc2ccccn2)c1. The minimum Gasteiger partial charge on any atom is -0.322 e. The molecule has 1 heterocycles. The molecule has 146 valence electrons. The highest BCUT2D eigenvalue weighted by Gasteiger charge is 2.25. The molecule has 0 radical (unpaired) electrons. The van der Waals surface area contributed by atoms with Gasteiger partial charge in [0, 0.05) is 17.4 Å². The summed E-state index contributed by atoms with van der Waals surface area (Å²) >= 11 is 0. The lowest BCUT2D eigenvalue weighted by Crippen LogP contribution is -2.20. The van der Waals surface area contributed by atoms with Gasteiger partial charge in [-0.3, -0.25) is 4.79 Å². The Kier molecular flexibility index (Phi) is 6.10. The molecule has 0 aliphatic heterocycles. The van der Waals surface area contributed by atoms with Crippen LogP contribution in [0.1, 0.15) is 35.5 Å². The molecule has 0 spiro atoms. The van der Waals surface area contributed by atoms with Crippen LogP contribution in [-0.4, -0.2) is 24.6 Å². The van der Waals surface area contributed by atoms with Crippen LogP contribution >= 0.6 is 0 Å². The van der Waals surface area contributed by atoms with Crippen LogP contribution < -0.4 is 5.32 Å². The standard InChI is InChI=1S/C23H20N2O3S/c1-17(2)29(27,28)22-12-4-3-11-21(22)23(26)25-20-10-7-8-18(16-20)13-14-19-9-5-6-15-24-19/h3-12,15-17H,1-2H3,(H,25,26). The van der Waals surface area contributed by atoms with Crippen molar-refractivity contribution in [2.75, 3.05) is 5.32 Å². The highest BCUT2D eigenvalue weighted by atomic mass is 32.2. The number of nitrogens with one attached hydrogen (secondary N) is 1. The number of carbonyl (C=O) groups is 1. The maximum atomic E-state index is 12.8. The molecular weight excluding hydrogens is 384 g/mol. The van der Waals surface area contributed by atoms with Crippen LogP contribution in [0.3, 0.4) is 0 Å². The number of aromatic nitrogens is 1. The van der Waals surface area contributed by atoms with Crippen LogP contribution in [0.5, 0.6) is 0 Å². The normalized spacial score (nSPS) is 10.9. The van der Waals surface area contributed by atoms with Gasteiger partial charge in [0.2, 0.25) is 0 Å². The lowest BCUT2D eigenvalue weighted by molar-refractivity contribution is 0.102. The molecule has 0 fully saturated rings. The van der Waals surface area contributed by atoms with E-state index in [1.54, 1.807) is 50.4 Å². The average molecular weight is 404 g/mol. The molecule has 3 rings (SSSR count). The summed E-state index contributed by atoms with van der Waals surface area (Å²) < 4.78 is 25.2. The fourth-order valence-corrected chi connectivity index (χ4v) is 3.85. The first-order valence-corrected chi connectivity index (χ1v) is 10.6. The Morgan fingerprint density at radius 1 is 0.966 bits per heavy atom. The summed E-state index contributed by atoms with van der Waals surface area (Å²) in [7, 11) is -3.58. The highest BCUT2D eigenvalue weighted by molar-refractivity contribution is 7.92. The Balaban J connectivity index is 1.85. The maximum absolute atomic E-state index is 12.8. The molecule has 2 aromatic carbocycles. The van der Waals surface area contributed by atoms with Gasteiger partial charge in [-0.2, -0.15) is 0 Å². The van der Waals surface area contributed by atoms with E-state index in [4.69, 9.17) is 0 Å². The van der Waals surface area contributed by atoms with E-state index in [1.165, 1.54) is 12.1 Å². The number of anilines is 1. The van der Waals surface area contributed by atoms with Crippen molar-refractivity contribution >= 4 is 21.4 Å². The third-order valence-corrected chi connectivity index (χ3v) is 6.39. The highest BCUT2D eigenvalue weighted by Crippen LogP contribution is 2.22. The first kappa shape index (κ1) is 20.3. The molecule has 0 saturated heterocycles. The number of benzene rings is 2. The van der Waals surface area contributed by atoms with E-state index in [1.807, 2.05) is 24.3 Å². The molecule has 1 amide bonds. The number of hydrogen-bond acceptors (Lipinski definition) is 4. The number of rotatable bonds is 4. The van der Waals surface area contributed by atoms with Gasteiger partial charge in [-0.25, -0.2) is 13.4 Å². The molecular formula is C23H20N2O3S. The fourth-order valence-electron chi connectivity index (χ4n) is 2.60. The van der Waals surface area contributed by atoms with Gasteiger partial charge in [0.05, 0.1) is 15.7 Å². The predicted octanol–water partition coefficient (Wildman–Crippen LogP) is 3.92. The molecule has 0 saturated carbocycles. The van der Waals surface area contributed by atoms with Crippen LogP contribution in [0.25, 0.3) is 0 Å². The average Bonchev–Trinajstić information content (AvgIpc) is 2.73.